The Morgan fingerprint density at radius 1 is 1.00 bits per heavy atom. The summed E-state index contributed by atoms with van der Waals surface area (Å²) in [7, 11) is 0. The highest BCUT2D eigenvalue weighted by Gasteiger charge is 2.11. The first-order valence-electron chi connectivity index (χ1n) is 7.36. The number of nitrogens with two attached hydrogens (primary N) is 1. The van der Waals surface area contributed by atoms with Crippen LogP contribution in [0.1, 0.15) is 12.5 Å². The maximum absolute atomic E-state index is 6.16. The van der Waals surface area contributed by atoms with E-state index in [1.165, 1.54) is 23.7 Å². The number of aromatic nitrogens is 2. The van der Waals surface area contributed by atoms with Crippen LogP contribution in [0.25, 0.3) is 0 Å². The van der Waals surface area contributed by atoms with Crippen LogP contribution in [0.2, 0.25) is 0 Å². The Kier molecular flexibility index (Phi) is 4.78. The van der Waals surface area contributed by atoms with E-state index < -0.39 is 0 Å². The zero-order valence-corrected chi connectivity index (χ0v) is 13.6. The molecule has 23 heavy (non-hydrogen) atoms. The average Bonchev–Trinajstić information content (AvgIpc) is 2.60. The molecule has 0 aliphatic rings. The zero-order valence-electron chi connectivity index (χ0n) is 12.8. The van der Waals surface area contributed by atoms with Crippen molar-refractivity contribution < 1.29 is 4.74 Å². The molecule has 0 atom stereocenters. The van der Waals surface area contributed by atoms with Crippen LogP contribution in [0.5, 0.6) is 11.6 Å². The molecule has 0 unspecified atom stereocenters. The number of nitrogen functional groups attached to an aromatic ring is 1. The topological polar surface area (TPSA) is 61.0 Å². The smallest absolute Gasteiger partial charge is 0.247 e. The summed E-state index contributed by atoms with van der Waals surface area (Å²) in [5, 5.41) is 0.686. The Labute approximate surface area is 139 Å². The van der Waals surface area contributed by atoms with E-state index in [1.807, 2.05) is 54.6 Å². The van der Waals surface area contributed by atoms with Crippen LogP contribution in [0.15, 0.2) is 70.8 Å². The highest BCUT2D eigenvalue weighted by molar-refractivity contribution is 7.99. The zero-order chi connectivity index (χ0) is 16.1. The lowest BCUT2D eigenvalue weighted by Gasteiger charge is -2.10. The molecule has 0 aliphatic carbocycles. The van der Waals surface area contributed by atoms with Gasteiger partial charge in [0.25, 0.3) is 0 Å². The highest BCUT2D eigenvalue weighted by atomic mass is 32.2. The van der Waals surface area contributed by atoms with Gasteiger partial charge in [-0.25, -0.2) is 4.98 Å². The molecule has 1 heterocycles. The Balaban J connectivity index is 1.81. The van der Waals surface area contributed by atoms with Crippen molar-refractivity contribution in [1.82, 2.24) is 9.97 Å². The number of hydrogen-bond acceptors (Lipinski definition) is 5. The molecule has 4 nitrogen and oxygen atoms in total. The van der Waals surface area contributed by atoms with E-state index in [9.17, 15) is 0 Å². The standard InChI is InChI=1S/C18H17N3OS/c1-2-13-8-10-14(11-9-13)22-17-16(19)18(21-12-20-17)23-15-6-4-3-5-7-15/h3-12H,2,19H2,1H3. The summed E-state index contributed by atoms with van der Waals surface area (Å²) >= 11 is 1.49. The summed E-state index contributed by atoms with van der Waals surface area (Å²) in [5.41, 5.74) is 7.87. The molecule has 0 saturated carbocycles. The van der Waals surface area contributed by atoms with E-state index in [2.05, 4.69) is 16.9 Å². The van der Waals surface area contributed by atoms with E-state index in [0.29, 0.717) is 22.3 Å². The highest BCUT2D eigenvalue weighted by Crippen LogP contribution is 2.35. The molecular weight excluding hydrogens is 306 g/mol. The van der Waals surface area contributed by atoms with Crippen LogP contribution in [-0.4, -0.2) is 9.97 Å². The van der Waals surface area contributed by atoms with E-state index in [0.717, 1.165) is 11.3 Å². The summed E-state index contributed by atoms with van der Waals surface area (Å²) in [4.78, 5) is 9.46. The largest absolute Gasteiger partial charge is 0.437 e. The molecule has 5 heteroatoms. The molecule has 0 spiro atoms. The number of rotatable bonds is 5. The number of aryl methyl sites for hydroxylation is 1. The Bertz CT molecular complexity index is 776. The number of hydrogen-bond donors (Lipinski definition) is 1. The molecule has 0 saturated heterocycles. The van der Waals surface area contributed by atoms with Crippen molar-refractivity contribution in [3.8, 4) is 11.6 Å². The first-order valence-corrected chi connectivity index (χ1v) is 8.18. The van der Waals surface area contributed by atoms with Crippen molar-refractivity contribution in [3.05, 3.63) is 66.5 Å². The van der Waals surface area contributed by atoms with Gasteiger partial charge in [0.05, 0.1) is 0 Å². The first kappa shape index (κ1) is 15.4. The van der Waals surface area contributed by atoms with Gasteiger partial charge in [-0.15, -0.1) is 0 Å². The predicted octanol–water partition coefficient (Wildman–Crippen LogP) is 4.56. The van der Waals surface area contributed by atoms with Crippen molar-refractivity contribution in [2.75, 3.05) is 5.73 Å². The summed E-state index contributed by atoms with van der Waals surface area (Å²) in [6.07, 6.45) is 2.46. The molecular formula is C18H17N3OS. The number of benzene rings is 2. The van der Waals surface area contributed by atoms with Gasteiger partial charge in [0.1, 0.15) is 22.8 Å². The molecule has 0 aliphatic heterocycles. The van der Waals surface area contributed by atoms with Gasteiger partial charge in [0.15, 0.2) is 0 Å². The fourth-order valence-corrected chi connectivity index (χ4v) is 2.85. The SMILES string of the molecule is CCc1ccc(Oc2ncnc(Sc3ccccc3)c2N)cc1. The minimum absolute atomic E-state index is 0.377. The molecule has 3 aromatic rings. The maximum atomic E-state index is 6.16. The fourth-order valence-electron chi connectivity index (χ4n) is 2.03. The lowest BCUT2D eigenvalue weighted by Crippen LogP contribution is -1.99. The molecule has 116 valence electrons. The molecule has 0 radical (unpaired) electrons. The van der Waals surface area contributed by atoms with E-state index in [4.69, 9.17) is 10.5 Å². The van der Waals surface area contributed by atoms with Crippen molar-refractivity contribution in [2.24, 2.45) is 0 Å². The van der Waals surface area contributed by atoms with Gasteiger partial charge in [0, 0.05) is 4.90 Å². The summed E-state index contributed by atoms with van der Waals surface area (Å²) in [6, 6.07) is 17.9. The number of anilines is 1. The van der Waals surface area contributed by atoms with Crippen molar-refractivity contribution in [2.45, 2.75) is 23.3 Å². The number of nitrogens with zero attached hydrogens (tertiary/aromatic N) is 2. The van der Waals surface area contributed by atoms with Crippen molar-refractivity contribution in [1.29, 1.82) is 0 Å². The van der Waals surface area contributed by atoms with E-state index >= 15 is 0 Å². The molecule has 0 amide bonds. The third kappa shape index (κ3) is 3.81. The Hall–Kier alpha value is -2.53. The Morgan fingerprint density at radius 3 is 2.43 bits per heavy atom. The molecule has 3 rings (SSSR count). The summed E-state index contributed by atoms with van der Waals surface area (Å²) in [5.74, 6) is 1.09. The second kappa shape index (κ2) is 7.15. The monoisotopic (exact) mass is 323 g/mol. The van der Waals surface area contributed by atoms with Gasteiger partial charge < -0.3 is 10.5 Å². The minimum atomic E-state index is 0.377. The third-order valence-electron chi connectivity index (χ3n) is 3.31. The summed E-state index contributed by atoms with van der Waals surface area (Å²) < 4.78 is 5.80. The lowest BCUT2D eigenvalue weighted by atomic mass is 10.2. The van der Waals surface area contributed by atoms with Crippen LogP contribution >= 0.6 is 11.8 Å². The fraction of sp³-hybridized carbons (Fsp3) is 0.111. The first-order chi connectivity index (χ1) is 11.3. The maximum Gasteiger partial charge on any atom is 0.247 e. The van der Waals surface area contributed by atoms with Crippen LogP contribution in [0, 0.1) is 0 Å². The molecule has 1 aromatic heterocycles. The van der Waals surface area contributed by atoms with Gasteiger partial charge in [-0.2, -0.15) is 4.98 Å². The van der Waals surface area contributed by atoms with Crippen LogP contribution in [-0.2, 0) is 6.42 Å². The van der Waals surface area contributed by atoms with Crippen LogP contribution in [0.3, 0.4) is 0 Å². The van der Waals surface area contributed by atoms with Crippen molar-refractivity contribution >= 4 is 17.4 Å². The number of ether oxygens (including phenoxy) is 1. The predicted molar refractivity (Wildman–Crippen MR) is 92.9 cm³/mol. The third-order valence-corrected chi connectivity index (χ3v) is 4.34. The molecule has 0 bridgehead atoms. The second-order valence-corrected chi connectivity index (χ2v) is 5.97. The van der Waals surface area contributed by atoms with Crippen LogP contribution < -0.4 is 10.5 Å². The minimum Gasteiger partial charge on any atom is -0.437 e. The molecule has 2 N–H and O–H groups in total. The van der Waals surface area contributed by atoms with E-state index in [-0.39, 0.29) is 0 Å². The van der Waals surface area contributed by atoms with Crippen molar-refractivity contribution in [3.63, 3.8) is 0 Å². The van der Waals surface area contributed by atoms with Crippen LogP contribution in [0.4, 0.5) is 5.69 Å². The van der Waals surface area contributed by atoms with E-state index in [1.54, 1.807) is 0 Å². The van der Waals surface area contributed by atoms with Gasteiger partial charge in [-0.05, 0) is 36.2 Å². The Morgan fingerprint density at radius 2 is 1.74 bits per heavy atom. The normalized spacial score (nSPS) is 10.5. The quantitative estimate of drug-likeness (QED) is 0.697. The van der Waals surface area contributed by atoms with Gasteiger partial charge in [-0.3, -0.25) is 0 Å². The van der Waals surface area contributed by atoms with Gasteiger partial charge >= 0.3 is 0 Å². The average molecular weight is 323 g/mol. The second-order valence-electron chi connectivity index (χ2n) is 4.91. The lowest BCUT2D eigenvalue weighted by molar-refractivity contribution is 0.462. The molecule has 0 fully saturated rings. The van der Waals surface area contributed by atoms with Gasteiger partial charge in [0.2, 0.25) is 5.88 Å². The molecule has 2 aromatic carbocycles. The van der Waals surface area contributed by atoms with Gasteiger partial charge in [-0.1, -0.05) is 49.0 Å². The summed E-state index contributed by atoms with van der Waals surface area (Å²) in [6.45, 7) is 2.12.